The fraction of sp³-hybridized carbons (Fsp3) is 0.870. The minimum Gasteiger partial charge on any atom is -0.234 e. The normalized spacial score (nSPS) is 11.3. The number of hydrogen-bond donors (Lipinski definition) is 0. The maximum absolute atomic E-state index is 2.55. The van der Waals surface area contributed by atoms with E-state index in [1.807, 2.05) is 0 Å². The third-order valence-corrected chi connectivity index (χ3v) is 5.31. The molecule has 1 aromatic heterocycles. The Hall–Kier alpha value is -0.790. The van der Waals surface area contributed by atoms with Crippen LogP contribution in [0.4, 0.5) is 0 Å². The van der Waals surface area contributed by atoms with Crippen LogP contribution in [-0.2, 0) is 19.5 Å². The highest BCUT2D eigenvalue weighted by molar-refractivity contribution is 4.84. The minimum atomic E-state index is 1.18. The standard InChI is InChI=1S/C23H45N2/c1-4-7-9-11-13-14-16-18-23-24(19-6-3)21-22-25(23)20-17-15-12-10-8-5-2/h21-22H,4-20H2,1-3H3/q+1. The van der Waals surface area contributed by atoms with Crippen LogP contribution in [0, 0.1) is 0 Å². The molecule has 2 heteroatoms. The van der Waals surface area contributed by atoms with Crippen LogP contribution in [0.2, 0.25) is 0 Å². The molecule has 0 aromatic carbocycles. The van der Waals surface area contributed by atoms with Gasteiger partial charge in [0.15, 0.2) is 0 Å². The monoisotopic (exact) mass is 349 g/mol. The SMILES string of the molecule is CCCCCCCCCc1n(CCCCCCCC)cc[n+]1CCC. The Balaban J connectivity index is 2.34. The molecular formula is C23H45N2+. The fourth-order valence-electron chi connectivity index (χ4n) is 3.74. The number of imidazole rings is 1. The summed E-state index contributed by atoms with van der Waals surface area (Å²) < 4.78 is 5.06. The van der Waals surface area contributed by atoms with Crippen LogP contribution in [0.25, 0.3) is 0 Å². The molecule has 1 aromatic rings. The summed E-state index contributed by atoms with van der Waals surface area (Å²) in [6.07, 6.45) is 25.3. The predicted molar refractivity (Wildman–Crippen MR) is 110 cm³/mol. The molecule has 0 unspecified atom stereocenters. The zero-order valence-electron chi connectivity index (χ0n) is 17.6. The quantitative estimate of drug-likeness (QED) is 0.215. The van der Waals surface area contributed by atoms with Crippen molar-refractivity contribution in [3.05, 3.63) is 18.2 Å². The molecular weight excluding hydrogens is 304 g/mol. The largest absolute Gasteiger partial charge is 0.256 e. The summed E-state index contributed by atoms with van der Waals surface area (Å²) in [5.41, 5.74) is 0. The molecule has 0 saturated heterocycles. The molecule has 2 nitrogen and oxygen atoms in total. The average molecular weight is 350 g/mol. The summed E-state index contributed by atoms with van der Waals surface area (Å²) >= 11 is 0. The van der Waals surface area contributed by atoms with Crippen molar-refractivity contribution in [2.24, 2.45) is 0 Å². The van der Waals surface area contributed by atoms with Gasteiger partial charge in [0.25, 0.3) is 5.82 Å². The smallest absolute Gasteiger partial charge is 0.234 e. The van der Waals surface area contributed by atoms with Gasteiger partial charge in [-0.25, -0.2) is 9.13 Å². The van der Waals surface area contributed by atoms with Crippen LogP contribution in [0.3, 0.4) is 0 Å². The van der Waals surface area contributed by atoms with Gasteiger partial charge in [-0.1, -0.05) is 85.0 Å². The molecule has 0 spiro atoms. The molecule has 1 heterocycles. The second-order valence-corrected chi connectivity index (χ2v) is 7.74. The van der Waals surface area contributed by atoms with E-state index in [2.05, 4.69) is 42.3 Å². The Kier molecular flexibility index (Phi) is 13.8. The van der Waals surface area contributed by atoms with E-state index in [0.29, 0.717) is 0 Å². The van der Waals surface area contributed by atoms with Crippen LogP contribution in [0.1, 0.15) is 116 Å². The van der Waals surface area contributed by atoms with E-state index >= 15 is 0 Å². The number of nitrogens with zero attached hydrogens (tertiary/aromatic N) is 2. The minimum absolute atomic E-state index is 1.18. The van der Waals surface area contributed by atoms with E-state index < -0.39 is 0 Å². The lowest BCUT2D eigenvalue weighted by Gasteiger charge is -2.06. The zero-order valence-corrected chi connectivity index (χ0v) is 17.6. The molecule has 0 amide bonds. The van der Waals surface area contributed by atoms with E-state index in [4.69, 9.17) is 0 Å². The van der Waals surface area contributed by atoms with E-state index in [9.17, 15) is 0 Å². The van der Waals surface area contributed by atoms with E-state index in [0.717, 1.165) is 0 Å². The topological polar surface area (TPSA) is 8.81 Å². The molecule has 0 N–H and O–H groups in total. The van der Waals surface area contributed by atoms with E-state index in [1.54, 1.807) is 5.82 Å². The first-order valence-electron chi connectivity index (χ1n) is 11.4. The van der Waals surface area contributed by atoms with Crippen LogP contribution >= 0.6 is 0 Å². The maximum atomic E-state index is 2.55. The van der Waals surface area contributed by atoms with Crippen molar-refractivity contribution >= 4 is 0 Å². The first-order chi connectivity index (χ1) is 12.3. The summed E-state index contributed by atoms with van der Waals surface area (Å²) in [4.78, 5) is 0. The molecule has 0 saturated carbocycles. The molecule has 0 atom stereocenters. The van der Waals surface area contributed by atoms with Crippen LogP contribution in [0.5, 0.6) is 0 Å². The third-order valence-electron chi connectivity index (χ3n) is 5.31. The first-order valence-corrected chi connectivity index (χ1v) is 11.4. The van der Waals surface area contributed by atoms with E-state index in [-0.39, 0.29) is 0 Å². The molecule has 1 rings (SSSR count). The molecule has 0 fully saturated rings. The van der Waals surface area contributed by atoms with Crippen LogP contribution in [0.15, 0.2) is 12.4 Å². The van der Waals surface area contributed by atoms with Crippen molar-refractivity contribution in [3.8, 4) is 0 Å². The molecule has 146 valence electrons. The van der Waals surface area contributed by atoms with Gasteiger partial charge < -0.3 is 0 Å². The molecule has 0 aliphatic heterocycles. The van der Waals surface area contributed by atoms with Crippen molar-refractivity contribution in [2.45, 2.75) is 130 Å². The van der Waals surface area contributed by atoms with Gasteiger partial charge in [-0.2, -0.15) is 0 Å². The fourth-order valence-corrected chi connectivity index (χ4v) is 3.74. The Bertz CT molecular complexity index is 408. The first kappa shape index (κ1) is 22.3. The molecule has 0 aliphatic carbocycles. The average Bonchev–Trinajstić information content (AvgIpc) is 2.99. The highest BCUT2D eigenvalue weighted by atomic mass is 15.1. The van der Waals surface area contributed by atoms with Gasteiger partial charge in [0.05, 0.1) is 13.1 Å². The molecule has 25 heavy (non-hydrogen) atoms. The van der Waals surface area contributed by atoms with Gasteiger partial charge in [-0.3, -0.25) is 0 Å². The van der Waals surface area contributed by atoms with Gasteiger partial charge >= 0.3 is 0 Å². The lowest BCUT2D eigenvalue weighted by molar-refractivity contribution is -0.703. The van der Waals surface area contributed by atoms with Gasteiger partial charge in [-0.05, 0) is 25.7 Å². The van der Waals surface area contributed by atoms with E-state index in [1.165, 1.54) is 109 Å². The summed E-state index contributed by atoms with van der Waals surface area (Å²) in [5, 5.41) is 0. The summed E-state index contributed by atoms with van der Waals surface area (Å²) in [6, 6.07) is 0. The number of rotatable bonds is 17. The molecule has 0 bridgehead atoms. The third kappa shape index (κ3) is 10.1. The summed E-state index contributed by atoms with van der Waals surface area (Å²) in [5.74, 6) is 1.57. The number of hydrogen-bond acceptors (Lipinski definition) is 0. The summed E-state index contributed by atoms with van der Waals surface area (Å²) in [7, 11) is 0. The number of aryl methyl sites for hydroxylation is 2. The number of aromatic nitrogens is 2. The van der Waals surface area contributed by atoms with Gasteiger partial charge in [0.1, 0.15) is 12.4 Å². The number of unbranched alkanes of at least 4 members (excludes halogenated alkanes) is 11. The van der Waals surface area contributed by atoms with Crippen LogP contribution < -0.4 is 4.57 Å². The van der Waals surface area contributed by atoms with Crippen molar-refractivity contribution in [1.82, 2.24) is 4.57 Å². The van der Waals surface area contributed by atoms with Crippen molar-refractivity contribution < 1.29 is 4.57 Å². The molecule has 0 radical (unpaired) electrons. The van der Waals surface area contributed by atoms with Gasteiger partial charge in [0, 0.05) is 6.42 Å². The predicted octanol–water partition coefficient (Wildman–Crippen LogP) is 6.84. The Labute approximate surface area is 158 Å². The second kappa shape index (κ2) is 15.5. The second-order valence-electron chi connectivity index (χ2n) is 7.74. The lowest BCUT2D eigenvalue weighted by Crippen LogP contribution is -2.37. The Morgan fingerprint density at radius 1 is 0.680 bits per heavy atom. The molecule has 0 aliphatic rings. The van der Waals surface area contributed by atoms with Crippen molar-refractivity contribution in [2.75, 3.05) is 0 Å². The van der Waals surface area contributed by atoms with Crippen molar-refractivity contribution in [1.29, 1.82) is 0 Å². The lowest BCUT2D eigenvalue weighted by atomic mass is 10.1. The Morgan fingerprint density at radius 2 is 1.24 bits per heavy atom. The van der Waals surface area contributed by atoms with Crippen LogP contribution in [-0.4, -0.2) is 4.57 Å². The van der Waals surface area contributed by atoms with Gasteiger partial charge in [-0.15, -0.1) is 0 Å². The Morgan fingerprint density at radius 3 is 1.84 bits per heavy atom. The zero-order chi connectivity index (χ0) is 18.2. The van der Waals surface area contributed by atoms with Gasteiger partial charge in [0.2, 0.25) is 0 Å². The summed E-state index contributed by atoms with van der Waals surface area (Å²) in [6.45, 7) is 9.27. The highest BCUT2D eigenvalue weighted by Gasteiger charge is 2.15. The highest BCUT2D eigenvalue weighted by Crippen LogP contribution is 2.11. The maximum Gasteiger partial charge on any atom is 0.256 e. The van der Waals surface area contributed by atoms with Crippen molar-refractivity contribution in [3.63, 3.8) is 0 Å².